The first-order valence-electron chi connectivity index (χ1n) is 9.31. The number of benzene rings is 3. The Morgan fingerprint density at radius 3 is 2.45 bits per heavy atom. The molecule has 0 amide bonds. The molecule has 1 N–H and O–H groups in total. The largest absolute Gasteiger partial charge is 0.486 e. The first kappa shape index (κ1) is 20.5. The molecule has 0 aliphatic rings. The lowest BCUT2D eigenvalue weighted by Gasteiger charge is -2.08. The van der Waals surface area contributed by atoms with Crippen molar-refractivity contribution in [3.8, 4) is 16.9 Å². The zero-order valence-electron chi connectivity index (χ0n) is 16.4. The number of hydrogen-bond donors (Lipinski definition) is 1. The number of nitrogens with zero attached hydrogens (tertiary/aromatic N) is 1. The summed E-state index contributed by atoms with van der Waals surface area (Å²) in [7, 11) is 1.33. The van der Waals surface area contributed by atoms with E-state index in [2.05, 4.69) is 9.97 Å². The number of carbonyl (C=O) groups excluding carboxylic acids is 1. The lowest BCUT2D eigenvalue weighted by molar-refractivity contribution is -0.137. The van der Waals surface area contributed by atoms with Gasteiger partial charge in [-0.15, -0.1) is 0 Å². The molecule has 0 saturated heterocycles. The monoisotopic (exact) mass is 426 g/mol. The second-order valence-corrected chi connectivity index (χ2v) is 6.80. The fraction of sp³-hybridized carbons (Fsp3) is 0.130. The van der Waals surface area contributed by atoms with E-state index in [1.54, 1.807) is 18.2 Å². The van der Waals surface area contributed by atoms with E-state index in [0.717, 1.165) is 34.3 Å². The second-order valence-electron chi connectivity index (χ2n) is 6.80. The third-order valence-corrected chi connectivity index (χ3v) is 4.71. The Morgan fingerprint density at radius 1 is 1.00 bits per heavy atom. The molecule has 0 radical (unpaired) electrons. The van der Waals surface area contributed by atoms with E-state index in [4.69, 9.17) is 9.47 Å². The van der Waals surface area contributed by atoms with Gasteiger partial charge in [-0.3, -0.25) is 0 Å². The van der Waals surface area contributed by atoms with E-state index in [0.29, 0.717) is 17.1 Å². The molecule has 0 aliphatic heterocycles. The molecule has 31 heavy (non-hydrogen) atoms. The van der Waals surface area contributed by atoms with Crippen LogP contribution in [0.5, 0.6) is 5.75 Å². The van der Waals surface area contributed by atoms with E-state index in [-0.39, 0.29) is 6.61 Å². The van der Waals surface area contributed by atoms with Crippen LogP contribution in [0.2, 0.25) is 0 Å². The lowest BCUT2D eigenvalue weighted by atomic mass is 10.0. The van der Waals surface area contributed by atoms with Crippen LogP contribution in [0.15, 0.2) is 66.7 Å². The molecule has 1 aromatic heterocycles. The van der Waals surface area contributed by atoms with Gasteiger partial charge in [0, 0.05) is 0 Å². The number of aromatic amines is 1. The van der Waals surface area contributed by atoms with Crippen LogP contribution in [-0.4, -0.2) is 23.0 Å². The minimum absolute atomic E-state index is 0.0766. The van der Waals surface area contributed by atoms with Crippen molar-refractivity contribution in [1.82, 2.24) is 9.97 Å². The molecular weight excluding hydrogens is 409 g/mol. The van der Waals surface area contributed by atoms with Crippen molar-refractivity contribution in [3.05, 3.63) is 83.7 Å². The van der Waals surface area contributed by atoms with Crippen LogP contribution in [0.3, 0.4) is 0 Å². The molecule has 0 aliphatic carbocycles. The summed E-state index contributed by atoms with van der Waals surface area (Å²) >= 11 is 0. The number of esters is 1. The summed E-state index contributed by atoms with van der Waals surface area (Å²) in [5.74, 6) is 0.441. The van der Waals surface area contributed by atoms with E-state index >= 15 is 0 Å². The molecule has 0 fully saturated rings. The number of methoxy groups -OCH3 is 1. The average molecular weight is 426 g/mol. The predicted molar refractivity (Wildman–Crippen MR) is 109 cm³/mol. The van der Waals surface area contributed by atoms with Gasteiger partial charge in [0.05, 0.1) is 29.3 Å². The molecule has 0 bridgehead atoms. The van der Waals surface area contributed by atoms with Gasteiger partial charge in [-0.2, -0.15) is 13.2 Å². The maximum atomic E-state index is 12.6. The minimum atomic E-state index is -4.38. The van der Waals surface area contributed by atoms with Gasteiger partial charge in [0.1, 0.15) is 18.2 Å². The minimum Gasteiger partial charge on any atom is -0.486 e. The highest BCUT2D eigenvalue weighted by Crippen LogP contribution is 2.30. The molecule has 0 unspecified atom stereocenters. The number of ether oxygens (including phenoxy) is 2. The third-order valence-electron chi connectivity index (χ3n) is 4.71. The van der Waals surface area contributed by atoms with Gasteiger partial charge in [-0.25, -0.2) is 9.78 Å². The van der Waals surface area contributed by atoms with Gasteiger partial charge in [-0.05, 0) is 59.7 Å². The summed E-state index contributed by atoms with van der Waals surface area (Å²) in [6, 6.07) is 17.2. The Labute approximate surface area is 175 Å². The van der Waals surface area contributed by atoms with Crippen molar-refractivity contribution in [2.45, 2.75) is 12.8 Å². The number of H-pyrrole nitrogens is 1. The van der Waals surface area contributed by atoms with Gasteiger partial charge < -0.3 is 14.5 Å². The smallest absolute Gasteiger partial charge is 0.416 e. The number of fused-ring (bicyclic) bond motifs is 1. The molecule has 3 aromatic carbocycles. The van der Waals surface area contributed by atoms with E-state index in [1.807, 2.05) is 24.3 Å². The zero-order valence-corrected chi connectivity index (χ0v) is 16.4. The highest BCUT2D eigenvalue weighted by molar-refractivity contribution is 5.91. The number of carbonyl (C=O) groups is 1. The first-order valence-corrected chi connectivity index (χ1v) is 9.31. The quantitative estimate of drug-likeness (QED) is 0.421. The maximum absolute atomic E-state index is 12.6. The molecule has 4 rings (SSSR count). The third kappa shape index (κ3) is 4.53. The number of alkyl halides is 3. The average Bonchev–Trinajstić information content (AvgIpc) is 3.19. The second kappa shape index (κ2) is 8.14. The standard InChI is InChI=1S/C23H17F3N2O3/c1-30-22(29)16-4-2-3-14(11-16)15-5-10-19-20(12-15)28-21(27-19)13-31-18-8-6-17(7-9-18)23(24,25)26/h2-12H,13H2,1H3,(H,27,28). The van der Waals surface area contributed by atoms with Crippen LogP contribution in [0, 0.1) is 0 Å². The number of halogens is 3. The van der Waals surface area contributed by atoms with Crippen LogP contribution in [0.1, 0.15) is 21.7 Å². The van der Waals surface area contributed by atoms with Crippen molar-refractivity contribution in [2.24, 2.45) is 0 Å². The van der Waals surface area contributed by atoms with Gasteiger partial charge in [-0.1, -0.05) is 18.2 Å². The number of imidazole rings is 1. The van der Waals surface area contributed by atoms with E-state index in [1.165, 1.54) is 19.2 Å². The van der Waals surface area contributed by atoms with Crippen molar-refractivity contribution in [3.63, 3.8) is 0 Å². The summed E-state index contributed by atoms with van der Waals surface area (Å²) in [6.07, 6.45) is -4.38. The summed E-state index contributed by atoms with van der Waals surface area (Å²) in [5.41, 5.74) is 2.95. The number of rotatable bonds is 5. The van der Waals surface area contributed by atoms with Crippen LogP contribution >= 0.6 is 0 Å². The predicted octanol–water partition coefficient (Wildman–Crippen LogP) is 5.61. The molecular formula is C23H17F3N2O3. The first-order chi connectivity index (χ1) is 14.8. The summed E-state index contributed by atoms with van der Waals surface area (Å²) < 4.78 is 48.2. The Bertz CT molecular complexity index is 1230. The van der Waals surface area contributed by atoms with Crippen LogP contribution in [0.25, 0.3) is 22.2 Å². The van der Waals surface area contributed by atoms with Gasteiger partial charge in [0.2, 0.25) is 0 Å². The van der Waals surface area contributed by atoms with Crippen molar-refractivity contribution >= 4 is 17.0 Å². The fourth-order valence-electron chi connectivity index (χ4n) is 3.15. The summed E-state index contributed by atoms with van der Waals surface area (Å²) in [6.45, 7) is 0.0766. The summed E-state index contributed by atoms with van der Waals surface area (Å²) in [5, 5.41) is 0. The molecule has 1 heterocycles. The Kier molecular flexibility index (Phi) is 5.37. The molecule has 8 heteroatoms. The number of hydrogen-bond acceptors (Lipinski definition) is 4. The number of nitrogens with one attached hydrogen (secondary N) is 1. The maximum Gasteiger partial charge on any atom is 0.416 e. The molecule has 0 saturated carbocycles. The normalized spacial score (nSPS) is 11.5. The molecule has 5 nitrogen and oxygen atoms in total. The van der Waals surface area contributed by atoms with Crippen LogP contribution in [0.4, 0.5) is 13.2 Å². The topological polar surface area (TPSA) is 64.2 Å². The lowest BCUT2D eigenvalue weighted by Crippen LogP contribution is -2.04. The fourth-order valence-corrected chi connectivity index (χ4v) is 3.15. The Balaban J connectivity index is 1.51. The van der Waals surface area contributed by atoms with Crippen molar-refractivity contribution in [1.29, 1.82) is 0 Å². The molecule has 158 valence electrons. The van der Waals surface area contributed by atoms with Gasteiger partial charge in [0.15, 0.2) is 0 Å². The zero-order chi connectivity index (χ0) is 22.0. The van der Waals surface area contributed by atoms with Crippen molar-refractivity contribution in [2.75, 3.05) is 7.11 Å². The molecule has 0 atom stereocenters. The highest BCUT2D eigenvalue weighted by atomic mass is 19.4. The van der Waals surface area contributed by atoms with Crippen LogP contribution < -0.4 is 4.74 Å². The van der Waals surface area contributed by atoms with Gasteiger partial charge >= 0.3 is 12.1 Å². The van der Waals surface area contributed by atoms with E-state index < -0.39 is 17.7 Å². The van der Waals surface area contributed by atoms with E-state index in [9.17, 15) is 18.0 Å². The van der Waals surface area contributed by atoms with Gasteiger partial charge in [0.25, 0.3) is 0 Å². The SMILES string of the molecule is COC(=O)c1cccc(-c2ccc3nc(COc4ccc(C(F)(F)F)cc4)[nH]c3c2)c1. The van der Waals surface area contributed by atoms with Crippen LogP contribution in [-0.2, 0) is 17.5 Å². The molecule has 0 spiro atoms. The number of aromatic nitrogens is 2. The Hall–Kier alpha value is -3.81. The Morgan fingerprint density at radius 2 is 1.74 bits per heavy atom. The highest BCUT2D eigenvalue weighted by Gasteiger charge is 2.30. The summed E-state index contributed by atoms with van der Waals surface area (Å²) in [4.78, 5) is 19.4. The molecule has 4 aromatic rings. The van der Waals surface area contributed by atoms with Crippen molar-refractivity contribution < 1.29 is 27.4 Å².